The summed E-state index contributed by atoms with van der Waals surface area (Å²) in [5.41, 5.74) is 0.770. The highest BCUT2D eigenvalue weighted by molar-refractivity contribution is 6.15. The van der Waals surface area contributed by atoms with Crippen molar-refractivity contribution in [3.63, 3.8) is 0 Å². The molecule has 0 aliphatic carbocycles. The van der Waals surface area contributed by atoms with Crippen LogP contribution in [0.1, 0.15) is 0 Å². The number of carbonyl (C=O) groups excluding carboxylic acids is 2. The predicted octanol–water partition coefficient (Wildman–Crippen LogP) is 1.90. The quantitative estimate of drug-likeness (QED) is 0.755. The smallest absolute Gasteiger partial charge is 0.284 e. The maximum atomic E-state index is 11.6. The van der Waals surface area contributed by atoms with Crippen LogP contribution in [0.5, 0.6) is 0 Å². The van der Waals surface area contributed by atoms with Gasteiger partial charge in [-0.2, -0.15) is 0 Å². The van der Waals surface area contributed by atoms with Gasteiger partial charge in [-0.25, -0.2) is 4.79 Å². The minimum absolute atomic E-state index is 0.0901. The molecule has 4 nitrogen and oxygen atoms in total. The fraction of sp³-hybridized carbons (Fsp3) is 0.0769. The van der Waals surface area contributed by atoms with E-state index in [0.29, 0.717) is 0 Å². The number of imide groups is 1. The Labute approximate surface area is 97.8 Å². The van der Waals surface area contributed by atoms with Gasteiger partial charge in [0.1, 0.15) is 6.54 Å². The van der Waals surface area contributed by atoms with Gasteiger partial charge in [-0.1, -0.05) is 36.4 Å². The summed E-state index contributed by atoms with van der Waals surface area (Å²) >= 11 is 0. The summed E-state index contributed by atoms with van der Waals surface area (Å²) in [6.45, 7) is 0.0901. The highest BCUT2D eigenvalue weighted by atomic mass is 16.2. The van der Waals surface area contributed by atoms with Crippen molar-refractivity contribution >= 4 is 28.4 Å². The first-order chi connectivity index (χ1) is 8.25. The molecule has 1 fully saturated rings. The molecule has 1 saturated heterocycles. The van der Waals surface area contributed by atoms with Gasteiger partial charge in [0.15, 0.2) is 0 Å². The first-order valence-electron chi connectivity index (χ1n) is 5.35. The topological polar surface area (TPSA) is 49.4 Å². The van der Waals surface area contributed by atoms with Crippen molar-refractivity contribution in [1.29, 1.82) is 0 Å². The third-order valence-electron chi connectivity index (χ3n) is 2.85. The second-order valence-electron chi connectivity index (χ2n) is 3.94. The lowest BCUT2D eigenvalue weighted by Gasteiger charge is -2.15. The molecule has 1 aliphatic rings. The number of hydrogen-bond donors (Lipinski definition) is 1. The predicted molar refractivity (Wildman–Crippen MR) is 64.8 cm³/mol. The average molecular weight is 226 g/mol. The number of hydrogen-bond acceptors (Lipinski definition) is 2. The Bertz CT molecular complexity index is 616. The molecule has 2 aromatic carbocycles. The lowest BCUT2D eigenvalue weighted by Crippen LogP contribution is -2.27. The van der Waals surface area contributed by atoms with Crippen molar-refractivity contribution in [2.75, 3.05) is 11.4 Å². The first kappa shape index (κ1) is 9.84. The summed E-state index contributed by atoms with van der Waals surface area (Å²) in [4.78, 5) is 24.3. The van der Waals surface area contributed by atoms with Gasteiger partial charge >= 0.3 is 6.03 Å². The lowest BCUT2D eigenvalue weighted by molar-refractivity contribution is -0.117. The second kappa shape index (κ2) is 3.59. The molecule has 0 saturated carbocycles. The summed E-state index contributed by atoms with van der Waals surface area (Å²) in [7, 11) is 0. The van der Waals surface area contributed by atoms with E-state index in [1.807, 2.05) is 42.5 Å². The number of amides is 3. The zero-order chi connectivity index (χ0) is 11.8. The molecule has 17 heavy (non-hydrogen) atoms. The molecule has 3 amide bonds. The molecule has 0 unspecified atom stereocenters. The van der Waals surface area contributed by atoms with Crippen LogP contribution in [0.25, 0.3) is 10.8 Å². The number of carbonyl (C=O) groups is 2. The van der Waals surface area contributed by atoms with Gasteiger partial charge in [0.2, 0.25) is 5.91 Å². The zero-order valence-corrected chi connectivity index (χ0v) is 9.01. The van der Waals surface area contributed by atoms with Crippen LogP contribution < -0.4 is 10.2 Å². The van der Waals surface area contributed by atoms with Crippen molar-refractivity contribution < 1.29 is 9.59 Å². The standard InChI is InChI=1S/C13H10N2O2/c16-12-8-15(13(17)14-12)11-7-3-5-9-4-1-2-6-10(9)11/h1-7H,8H2,(H,14,16,17). The van der Waals surface area contributed by atoms with E-state index in [1.165, 1.54) is 4.90 Å². The number of nitrogens with one attached hydrogen (secondary N) is 1. The first-order valence-corrected chi connectivity index (χ1v) is 5.35. The molecule has 84 valence electrons. The van der Waals surface area contributed by atoms with E-state index in [2.05, 4.69) is 5.32 Å². The van der Waals surface area contributed by atoms with Crippen LogP contribution in [-0.2, 0) is 4.79 Å². The fourth-order valence-corrected chi connectivity index (χ4v) is 2.08. The van der Waals surface area contributed by atoms with Gasteiger partial charge in [0, 0.05) is 5.39 Å². The number of fused-ring (bicyclic) bond motifs is 1. The SMILES string of the molecule is O=C1CN(c2cccc3ccccc23)C(=O)N1. The van der Waals surface area contributed by atoms with E-state index in [-0.39, 0.29) is 18.5 Å². The molecule has 0 bridgehead atoms. The number of benzene rings is 2. The Morgan fingerprint density at radius 2 is 1.76 bits per heavy atom. The summed E-state index contributed by atoms with van der Waals surface area (Å²) < 4.78 is 0. The number of rotatable bonds is 1. The highest BCUT2D eigenvalue weighted by Gasteiger charge is 2.28. The van der Waals surface area contributed by atoms with Crippen LogP contribution in [0, 0.1) is 0 Å². The maximum absolute atomic E-state index is 11.6. The van der Waals surface area contributed by atoms with Crippen LogP contribution in [0.4, 0.5) is 10.5 Å². The van der Waals surface area contributed by atoms with Crippen LogP contribution in [0.15, 0.2) is 42.5 Å². The minimum Gasteiger partial charge on any atom is -0.284 e. The van der Waals surface area contributed by atoms with E-state index in [9.17, 15) is 9.59 Å². The van der Waals surface area contributed by atoms with Crippen LogP contribution in [0.3, 0.4) is 0 Å². The maximum Gasteiger partial charge on any atom is 0.329 e. The Kier molecular flexibility index (Phi) is 2.08. The Morgan fingerprint density at radius 1 is 1.00 bits per heavy atom. The van der Waals surface area contributed by atoms with Crippen LogP contribution in [-0.4, -0.2) is 18.5 Å². The third kappa shape index (κ3) is 1.54. The molecule has 0 atom stereocenters. The molecule has 4 heteroatoms. The fourth-order valence-electron chi connectivity index (χ4n) is 2.08. The Balaban J connectivity index is 2.17. The summed E-state index contributed by atoms with van der Waals surface area (Å²) in [6, 6.07) is 13.1. The van der Waals surface area contributed by atoms with E-state index in [1.54, 1.807) is 0 Å². The Hall–Kier alpha value is -2.36. The highest BCUT2D eigenvalue weighted by Crippen LogP contribution is 2.27. The molecule has 1 aliphatic heterocycles. The van der Waals surface area contributed by atoms with E-state index in [4.69, 9.17) is 0 Å². The molecule has 3 rings (SSSR count). The zero-order valence-electron chi connectivity index (χ0n) is 9.01. The summed E-state index contributed by atoms with van der Waals surface area (Å²) in [5, 5.41) is 4.30. The molecule has 1 heterocycles. The minimum atomic E-state index is -0.355. The van der Waals surface area contributed by atoms with E-state index < -0.39 is 0 Å². The van der Waals surface area contributed by atoms with Crippen molar-refractivity contribution in [3.05, 3.63) is 42.5 Å². The van der Waals surface area contributed by atoms with Gasteiger partial charge in [-0.15, -0.1) is 0 Å². The van der Waals surface area contributed by atoms with Gasteiger partial charge in [-0.05, 0) is 11.5 Å². The van der Waals surface area contributed by atoms with Gasteiger partial charge in [0.25, 0.3) is 0 Å². The molecule has 1 N–H and O–H groups in total. The number of anilines is 1. The summed E-state index contributed by atoms with van der Waals surface area (Å²) in [6.07, 6.45) is 0. The van der Waals surface area contributed by atoms with E-state index in [0.717, 1.165) is 16.5 Å². The molecule has 0 aromatic heterocycles. The second-order valence-corrected chi connectivity index (χ2v) is 3.94. The third-order valence-corrected chi connectivity index (χ3v) is 2.85. The summed E-state index contributed by atoms with van der Waals surface area (Å²) in [5.74, 6) is -0.261. The van der Waals surface area contributed by atoms with Crippen LogP contribution >= 0.6 is 0 Å². The van der Waals surface area contributed by atoms with Crippen molar-refractivity contribution in [2.45, 2.75) is 0 Å². The molecule has 0 spiro atoms. The molecular formula is C13H10N2O2. The van der Waals surface area contributed by atoms with Gasteiger partial charge < -0.3 is 0 Å². The normalized spacial score (nSPS) is 15.4. The molecule has 0 radical (unpaired) electrons. The van der Waals surface area contributed by atoms with Crippen LogP contribution in [0.2, 0.25) is 0 Å². The molecule has 2 aromatic rings. The average Bonchev–Trinajstić information content (AvgIpc) is 2.68. The van der Waals surface area contributed by atoms with Crippen molar-refractivity contribution in [3.8, 4) is 0 Å². The Morgan fingerprint density at radius 3 is 2.53 bits per heavy atom. The van der Waals surface area contributed by atoms with Crippen molar-refractivity contribution in [2.24, 2.45) is 0 Å². The monoisotopic (exact) mass is 226 g/mol. The number of nitrogens with zero attached hydrogens (tertiary/aromatic N) is 1. The molecular weight excluding hydrogens is 216 g/mol. The van der Waals surface area contributed by atoms with Gasteiger partial charge in [-0.3, -0.25) is 15.0 Å². The lowest BCUT2D eigenvalue weighted by atomic mass is 10.1. The number of urea groups is 1. The van der Waals surface area contributed by atoms with E-state index >= 15 is 0 Å². The largest absolute Gasteiger partial charge is 0.329 e. The van der Waals surface area contributed by atoms with Crippen molar-refractivity contribution in [1.82, 2.24) is 5.32 Å². The van der Waals surface area contributed by atoms with Gasteiger partial charge in [0.05, 0.1) is 5.69 Å².